The highest BCUT2D eigenvalue weighted by Crippen LogP contribution is 2.32. The van der Waals surface area contributed by atoms with Crippen LogP contribution in [0.2, 0.25) is 0 Å². The van der Waals surface area contributed by atoms with E-state index in [4.69, 9.17) is 33.2 Å². The molecule has 2 heterocycles. The van der Waals surface area contributed by atoms with Gasteiger partial charge in [0.05, 0.1) is 6.61 Å². The van der Waals surface area contributed by atoms with Crippen LogP contribution in [0, 0.1) is 0 Å². The van der Waals surface area contributed by atoms with Gasteiger partial charge in [-0.15, -0.1) is 0 Å². The van der Waals surface area contributed by atoms with Gasteiger partial charge in [-0.3, -0.25) is 19.2 Å². The molecule has 33 heavy (non-hydrogen) atoms. The van der Waals surface area contributed by atoms with Crippen LogP contribution in [0.25, 0.3) is 0 Å². The first-order valence-corrected chi connectivity index (χ1v) is 10.0. The van der Waals surface area contributed by atoms with E-state index in [1.807, 2.05) is 0 Å². The Morgan fingerprint density at radius 1 is 0.788 bits per heavy atom. The number of carbonyl (C=O) groups is 4. The largest absolute Gasteiger partial charge is 0.463 e. The first-order valence-electron chi connectivity index (χ1n) is 10.0. The molecule has 2 aliphatic rings. The maximum absolute atomic E-state index is 11.8. The van der Waals surface area contributed by atoms with Gasteiger partial charge < -0.3 is 48.5 Å². The van der Waals surface area contributed by atoms with Crippen LogP contribution in [-0.2, 0) is 52.3 Å². The van der Waals surface area contributed by atoms with Crippen molar-refractivity contribution in [2.45, 2.75) is 83.0 Å². The minimum absolute atomic E-state index is 0.374. The molecule has 188 valence electrons. The molecule has 2 rings (SSSR count). The van der Waals surface area contributed by atoms with Gasteiger partial charge in [0.2, 0.25) is 0 Å². The molecule has 0 amide bonds. The Morgan fingerprint density at radius 3 is 1.88 bits per heavy atom. The van der Waals surface area contributed by atoms with Crippen molar-refractivity contribution in [3.8, 4) is 0 Å². The Labute approximate surface area is 188 Å². The molecule has 2 aliphatic heterocycles. The Bertz CT molecular complexity index is 725. The number of ether oxygens (including phenoxy) is 7. The maximum atomic E-state index is 11.8. The van der Waals surface area contributed by atoms with E-state index in [1.165, 1.54) is 0 Å². The highest BCUT2D eigenvalue weighted by atomic mass is 16.8. The summed E-state index contributed by atoms with van der Waals surface area (Å²) in [5, 5.41) is 30.1. The molecule has 0 bridgehead atoms. The second kappa shape index (κ2) is 11.7. The van der Waals surface area contributed by atoms with Gasteiger partial charge in [0.1, 0.15) is 31.0 Å². The lowest BCUT2D eigenvalue weighted by Gasteiger charge is -2.46. The Balaban J connectivity index is 2.43. The van der Waals surface area contributed by atoms with Gasteiger partial charge in [-0.1, -0.05) is 0 Å². The summed E-state index contributed by atoms with van der Waals surface area (Å²) in [7, 11) is 0. The topological polar surface area (TPSA) is 194 Å². The van der Waals surface area contributed by atoms with E-state index in [0.717, 1.165) is 27.7 Å². The molecule has 14 heteroatoms. The summed E-state index contributed by atoms with van der Waals surface area (Å²) in [5.74, 6) is -3.18. The van der Waals surface area contributed by atoms with Gasteiger partial charge in [0, 0.05) is 27.7 Å². The van der Waals surface area contributed by atoms with E-state index in [2.05, 4.69) is 0 Å². The molecule has 0 aliphatic carbocycles. The molecular formula is C19H28O14. The van der Waals surface area contributed by atoms with Gasteiger partial charge in [-0.05, 0) is 0 Å². The van der Waals surface area contributed by atoms with Crippen LogP contribution in [0.3, 0.4) is 0 Å². The van der Waals surface area contributed by atoms with Gasteiger partial charge in [0.15, 0.2) is 30.9 Å². The van der Waals surface area contributed by atoms with Crippen LogP contribution in [0.1, 0.15) is 27.7 Å². The summed E-state index contributed by atoms with van der Waals surface area (Å²) >= 11 is 0. The molecule has 2 saturated heterocycles. The fraction of sp³-hybridized carbons (Fsp3) is 0.789. The highest BCUT2D eigenvalue weighted by molar-refractivity contribution is 5.68. The van der Waals surface area contributed by atoms with Crippen molar-refractivity contribution in [2.75, 3.05) is 13.2 Å². The van der Waals surface area contributed by atoms with Gasteiger partial charge in [-0.25, -0.2) is 0 Å². The van der Waals surface area contributed by atoms with E-state index in [0.29, 0.717) is 0 Å². The monoisotopic (exact) mass is 480 g/mol. The molecule has 0 aromatic carbocycles. The van der Waals surface area contributed by atoms with Gasteiger partial charge >= 0.3 is 23.9 Å². The summed E-state index contributed by atoms with van der Waals surface area (Å²) in [6.45, 7) is 3.44. The summed E-state index contributed by atoms with van der Waals surface area (Å²) in [6.07, 6.45) is -13.7. The quantitative estimate of drug-likeness (QED) is 0.256. The maximum Gasteiger partial charge on any atom is 0.303 e. The van der Waals surface area contributed by atoms with E-state index >= 15 is 0 Å². The first kappa shape index (κ1) is 26.9. The summed E-state index contributed by atoms with van der Waals surface area (Å²) in [5.41, 5.74) is 0. The average Bonchev–Trinajstić information content (AvgIpc) is 2.69. The third-order valence-electron chi connectivity index (χ3n) is 4.69. The lowest BCUT2D eigenvalue weighted by atomic mass is 9.97. The minimum atomic E-state index is -1.70. The standard InChI is InChI=1S/C19H28O14/c1-7(20)27-6-12-14(29-8(2)21)16(30-9(3)22)17(31-10(4)23)19(32-12)33-15-13(25)11(24)5-28-18(15)26/h11-19,24-26H,5-6H2,1-4H3/t11-,12+,13-,14-,15+,16-,17+,18+,19-/m0/s1. The number of hydrogen-bond acceptors (Lipinski definition) is 14. The number of rotatable bonds is 7. The smallest absolute Gasteiger partial charge is 0.303 e. The van der Waals surface area contributed by atoms with E-state index in [-0.39, 0.29) is 6.61 Å². The van der Waals surface area contributed by atoms with E-state index < -0.39 is 85.8 Å². The molecule has 0 spiro atoms. The average molecular weight is 480 g/mol. The van der Waals surface area contributed by atoms with Crippen molar-refractivity contribution in [1.82, 2.24) is 0 Å². The number of hydrogen-bond donors (Lipinski definition) is 3. The summed E-state index contributed by atoms with van der Waals surface area (Å²) in [4.78, 5) is 46.6. The molecule has 0 unspecified atom stereocenters. The normalized spacial score (nSPS) is 36.4. The van der Waals surface area contributed by atoms with Crippen molar-refractivity contribution in [2.24, 2.45) is 0 Å². The summed E-state index contributed by atoms with van der Waals surface area (Å²) < 4.78 is 36.8. The fourth-order valence-electron chi connectivity index (χ4n) is 3.38. The third-order valence-corrected chi connectivity index (χ3v) is 4.69. The van der Waals surface area contributed by atoms with E-state index in [9.17, 15) is 34.5 Å². The van der Waals surface area contributed by atoms with Crippen LogP contribution in [0.15, 0.2) is 0 Å². The summed E-state index contributed by atoms with van der Waals surface area (Å²) in [6, 6.07) is 0. The Morgan fingerprint density at radius 2 is 1.33 bits per heavy atom. The molecule has 14 nitrogen and oxygen atoms in total. The first-order chi connectivity index (χ1) is 15.4. The minimum Gasteiger partial charge on any atom is -0.463 e. The van der Waals surface area contributed by atoms with Gasteiger partial charge in [0.25, 0.3) is 0 Å². The third kappa shape index (κ3) is 7.31. The molecule has 0 aromatic rings. The van der Waals surface area contributed by atoms with Crippen LogP contribution >= 0.6 is 0 Å². The SMILES string of the molecule is CC(=O)OC[C@H]1O[C@@H](O[C@@H]2[C@@H](O)[C@@H](O)CO[C@H]2O)[C@H](OC(C)=O)[C@@H](OC(C)=O)[C@H]1OC(C)=O. The van der Waals surface area contributed by atoms with Crippen LogP contribution in [0.5, 0.6) is 0 Å². The Kier molecular flexibility index (Phi) is 9.51. The second-order valence-corrected chi connectivity index (χ2v) is 7.45. The fourth-order valence-corrected chi connectivity index (χ4v) is 3.38. The van der Waals surface area contributed by atoms with Crippen molar-refractivity contribution in [3.05, 3.63) is 0 Å². The van der Waals surface area contributed by atoms with Crippen LogP contribution in [0.4, 0.5) is 0 Å². The molecule has 2 fully saturated rings. The molecule has 0 radical (unpaired) electrons. The number of esters is 4. The van der Waals surface area contributed by atoms with Crippen molar-refractivity contribution in [1.29, 1.82) is 0 Å². The van der Waals surface area contributed by atoms with Crippen molar-refractivity contribution < 1.29 is 67.7 Å². The number of aliphatic hydroxyl groups excluding tert-OH is 3. The molecular weight excluding hydrogens is 452 g/mol. The number of aliphatic hydroxyl groups is 3. The zero-order chi connectivity index (χ0) is 24.9. The van der Waals surface area contributed by atoms with Gasteiger partial charge in [-0.2, -0.15) is 0 Å². The highest BCUT2D eigenvalue weighted by Gasteiger charge is 2.54. The van der Waals surface area contributed by atoms with Crippen LogP contribution < -0.4 is 0 Å². The Hall–Kier alpha value is -2.36. The molecule has 0 saturated carbocycles. The van der Waals surface area contributed by atoms with Crippen molar-refractivity contribution in [3.63, 3.8) is 0 Å². The lowest BCUT2D eigenvalue weighted by Crippen LogP contribution is -2.65. The molecule has 3 N–H and O–H groups in total. The zero-order valence-electron chi connectivity index (χ0n) is 18.4. The predicted molar refractivity (Wildman–Crippen MR) is 101 cm³/mol. The lowest BCUT2D eigenvalue weighted by molar-refractivity contribution is -0.353. The van der Waals surface area contributed by atoms with E-state index in [1.54, 1.807) is 0 Å². The predicted octanol–water partition coefficient (Wildman–Crippen LogP) is -2.47. The second-order valence-electron chi connectivity index (χ2n) is 7.45. The molecule has 9 atom stereocenters. The number of carbonyl (C=O) groups excluding carboxylic acids is 4. The van der Waals surface area contributed by atoms with Crippen molar-refractivity contribution >= 4 is 23.9 Å². The molecule has 0 aromatic heterocycles. The zero-order valence-corrected chi connectivity index (χ0v) is 18.4. The van der Waals surface area contributed by atoms with Crippen LogP contribution in [-0.4, -0.2) is 108 Å².